The van der Waals surface area contributed by atoms with Crippen molar-refractivity contribution >= 4 is 11.9 Å². The number of hydrogen-bond acceptors (Lipinski definition) is 6. The number of rotatable bonds is 7. The second-order valence-corrected chi connectivity index (χ2v) is 10.5. The maximum Gasteiger partial charge on any atom is 0.338 e. The van der Waals surface area contributed by atoms with Crippen LogP contribution in [0.25, 0.3) is 0 Å². The molecule has 3 aromatic carbocycles. The first kappa shape index (κ1) is 25.3. The van der Waals surface area contributed by atoms with Crippen molar-refractivity contribution in [2.24, 2.45) is 0 Å². The fourth-order valence-electron chi connectivity index (χ4n) is 4.48. The number of carbonyl (C=O) groups excluding carboxylic acids is 1. The molecule has 4 aromatic rings. The zero-order valence-electron chi connectivity index (χ0n) is 22.1. The third kappa shape index (κ3) is 5.47. The number of ether oxygens (including phenoxy) is 2. The van der Waals surface area contributed by atoms with Crippen LogP contribution >= 0.6 is 0 Å². The van der Waals surface area contributed by atoms with Crippen molar-refractivity contribution in [1.82, 2.24) is 14.8 Å². The highest BCUT2D eigenvalue weighted by Crippen LogP contribution is 2.36. The van der Waals surface area contributed by atoms with Crippen LogP contribution < -0.4 is 10.1 Å². The van der Waals surface area contributed by atoms with E-state index >= 15 is 0 Å². The standard InChI is InChI=1S/C31H32N4O3/c1-21-27(29(36)38-19-22-8-6-5-7-9-22)28(35-30(34-21)32-20-33-35)24-12-16-26(17-13-24)37-18-23-10-14-25(15-11-23)31(2,3)4/h5-17,20,28H,18-19H2,1-4H3,(H,32,33,34). The molecule has 0 fully saturated rings. The molecule has 7 heteroatoms. The Labute approximate surface area is 223 Å². The predicted molar refractivity (Wildman–Crippen MR) is 147 cm³/mol. The zero-order valence-corrected chi connectivity index (χ0v) is 22.1. The lowest BCUT2D eigenvalue weighted by atomic mass is 9.87. The van der Waals surface area contributed by atoms with E-state index in [0.717, 1.165) is 22.4 Å². The molecule has 1 atom stereocenters. The highest BCUT2D eigenvalue weighted by atomic mass is 16.5. The van der Waals surface area contributed by atoms with Crippen LogP contribution in [-0.2, 0) is 28.2 Å². The number of nitrogens with one attached hydrogen (secondary N) is 1. The van der Waals surface area contributed by atoms with Gasteiger partial charge in [0, 0.05) is 5.70 Å². The normalized spacial score (nSPS) is 15.0. The minimum absolute atomic E-state index is 0.118. The number of esters is 1. The van der Waals surface area contributed by atoms with Gasteiger partial charge in [0.2, 0.25) is 5.95 Å². The molecule has 0 aliphatic carbocycles. The van der Waals surface area contributed by atoms with Crippen LogP contribution in [0.5, 0.6) is 5.75 Å². The van der Waals surface area contributed by atoms with Gasteiger partial charge in [0.1, 0.15) is 31.3 Å². The summed E-state index contributed by atoms with van der Waals surface area (Å²) in [6.07, 6.45) is 1.48. The number of allylic oxidation sites excluding steroid dienone is 1. The molecule has 1 aliphatic heterocycles. The van der Waals surface area contributed by atoms with Gasteiger partial charge in [0.25, 0.3) is 0 Å². The van der Waals surface area contributed by atoms with Crippen molar-refractivity contribution in [1.29, 1.82) is 0 Å². The third-order valence-electron chi connectivity index (χ3n) is 6.65. The van der Waals surface area contributed by atoms with Crippen molar-refractivity contribution in [3.05, 3.63) is 119 Å². The van der Waals surface area contributed by atoms with E-state index in [1.165, 1.54) is 11.9 Å². The van der Waals surface area contributed by atoms with E-state index in [-0.39, 0.29) is 12.0 Å². The van der Waals surface area contributed by atoms with Gasteiger partial charge >= 0.3 is 5.97 Å². The van der Waals surface area contributed by atoms with Crippen molar-refractivity contribution in [2.45, 2.75) is 52.4 Å². The van der Waals surface area contributed by atoms with Crippen LogP contribution in [0.2, 0.25) is 0 Å². The monoisotopic (exact) mass is 508 g/mol. The van der Waals surface area contributed by atoms with E-state index in [1.54, 1.807) is 4.68 Å². The molecule has 0 radical (unpaired) electrons. The molecule has 0 amide bonds. The second-order valence-electron chi connectivity index (χ2n) is 10.5. The Bertz CT molecular complexity index is 1430. The topological polar surface area (TPSA) is 78.3 Å². The SMILES string of the molecule is CC1=C(C(=O)OCc2ccccc2)C(c2ccc(OCc3ccc(C(C)(C)C)cc3)cc2)n2ncnc2N1. The van der Waals surface area contributed by atoms with Gasteiger partial charge in [0.05, 0.1) is 5.57 Å². The lowest BCUT2D eigenvalue weighted by molar-refractivity contribution is -0.140. The Balaban J connectivity index is 1.33. The maximum atomic E-state index is 13.3. The molecule has 0 bridgehead atoms. The summed E-state index contributed by atoms with van der Waals surface area (Å²) in [4.78, 5) is 17.6. The Morgan fingerprint density at radius 2 is 1.61 bits per heavy atom. The molecule has 0 spiro atoms. The second kappa shape index (κ2) is 10.5. The molecule has 0 saturated carbocycles. The predicted octanol–water partition coefficient (Wildman–Crippen LogP) is 6.19. The van der Waals surface area contributed by atoms with E-state index in [0.29, 0.717) is 23.8 Å². The minimum atomic E-state index is -0.476. The molecular weight excluding hydrogens is 476 g/mol. The van der Waals surface area contributed by atoms with Crippen LogP contribution in [0.1, 0.15) is 56.0 Å². The molecule has 1 unspecified atom stereocenters. The van der Waals surface area contributed by atoms with Crippen LogP contribution in [0.4, 0.5) is 5.95 Å². The van der Waals surface area contributed by atoms with Crippen molar-refractivity contribution in [2.75, 3.05) is 5.32 Å². The van der Waals surface area contributed by atoms with E-state index in [2.05, 4.69) is 60.4 Å². The van der Waals surface area contributed by atoms with Crippen LogP contribution in [0.3, 0.4) is 0 Å². The average molecular weight is 509 g/mol. The number of carbonyl (C=O) groups is 1. The summed E-state index contributed by atoms with van der Waals surface area (Å²) in [5.41, 5.74) is 5.50. The smallest absolute Gasteiger partial charge is 0.338 e. The number of hydrogen-bond donors (Lipinski definition) is 1. The Kier molecular flexibility index (Phi) is 7.01. The fourth-order valence-corrected chi connectivity index (χ4v) is 4.48. The molecule has 1 N–H and O–H groups in total. The molecule has 38 heavy (non-hydrogen) atoms. The van der Waals surface area contributed by atoms with E-state index in [1.807, 2.05) is 61.5 Å². The number of nitrogens with zero attached hydrogens (tertiary/aromatic N) is 3. The van der Waals surface area contributed by atoms with Gasteiger partial charge in [-0.1, -0.05) is 87.5 Å². The van der Waals surface area contributed by atoms with Gasteiger partial charge in [-0.25, -0.2) is 9.48 Å². The van der Waals surface area contributed by atoms with Crippen molar-refractivity contribution in [3.63, 3.8) is 0 Å². The maximum absolute atomic E-state index is 13.3. The minimum Gasteiger partial charge on any atom is -0.489 e. The van der Waals surface area contributed by atoms with Crippen LogP contribution in [0, 0.1) is 0 Å². The Morgan fingerprint density at radius 1 is 0.921 bits per heavy atom. The summed E-state index contributed by atoms with van der Waals surface area (Å²) in [6, 6.07) is 25.4. The number of fused-ring (bicyclic) bond motifs is 1. The summed E-state index contributed by atoms with van der Waals surface area (Å²) in [5.74, 6) is 0.922. The molecule has 0 saturated heterocycles. The summed E-state index contributed by atoms with van der Waals surface area (Å²) in [6.45, 7) is 9.13. The largest absolute Gasteiger partial charge is 0.489 e. The van der Waals surface area contributed by atoms with Gasteiger partial charge in [-0.05, 0) is 46.7 Å². The first-order chi connectivity index (χ1) is 18.3. The number of anilines is 1. The molecule has 7 nitrogen and oxygen atoms in total. The zero-order chi connectivity index (χ0) is 26.7. The molecule has 1 aliphatic rings. The first-order valence-electron chi connectivity index (χ1n) is 12.7. The lowest BCUT2D eigenvalue weighted by Gasteiger charge is -2.28. The number of benzene rings is 3. The van der Waals surface area contributed by atoms with Gasteiger partial charge in [0.15, 0.2) is 0 Å². The first-order valence-corrected chi connectivity index (χ1v) is 12.7. The van der Waals surface area contributed by atoms with E-state index in [9.17, 15) is 4.79 Å². The molecule has 194 valence electrons. The highest BCUT2D eigenvalue weighted by molar-refractivity contribution is 5.92. The Hall–Kier alpha value is -4.39. The van der Waals surface area contributed by atoms with Gasteiger partial charge < -0.3 is 14.8 Å². The summed E-state index contributed by atoms with van der Waals surface area (Å²) < 4.78 is 13.5. The van der Waals surface area contributed by atoms with Gasteiger partial charge in [-0.3, -0.25) is 0 Å². The Morgan fingerprint density at radius 3 is 2.29 bits per heavy atom. The molecular formula is C31H32N4O3. The quantitative estimate of drug-likeness (QED) is 0.300. The van der Waals surface area contributed by atoms with Crippen molar-refractivity contribution < 1.29 is 14.3 Å². The highest BCUT2D eigenvalue weighted by Gasteiger charge is 2.34. The molecule has 5 rings (SSSR count). The molecule has 2 heterocycles. The summed E-state index contributed by atoms with van der Waals surface area (Å²) >= 11 is 0. The fraction of sp³-hybridized carbons (Fsp3) is 0.258. The van der Waals surface area contributed by atoms with Crippen molar-refractivity contribution in [3.8, 4) is 5.75 Å². The van der Waals surface area contributed by atoms with Gasteiger partial charge in [-0.2, -0.15) is 10.1 Å². The van der Waals surface area contributed by atoms with Crippen LogP contribution in [-0.4, -0.2) is 20.7 Å². The summed E-state index contributed by atoms with van der Waals surface area (Å²) in [7, 11) is 0. The summed E-state index contributed by atoms with van der Waals surface area (Å²) in [5, 5.41) is 7.57. The van der Waals surface area contributed by atoms with E-state index < -0.39 is 12.0 Å². The molecule has 1 aromatic heterocycles. The van der Waals surface area contributed by atoms with E-state index in [4.69, 9.17) is 9.47 Å². The van der Waals surface area contributed by atoms with Crippen LogP contribution in [0.15, 0.2) is 96.5 Å². The lowest BCUT2D eigenvalue weighted by Crippen LogP contribution is -2.29. The average Bonchev–Trinajstić information content (AvgIpc) is 3.38. The van der Waals surface area contributed by atoms with Gasteiger partial charge in [-0.15, -0.1) is 0 Å². The third-order valence-corrected chi connectivity index (χ3v) is 6.65. The number of aromatic nitrogens is 3.